The van der Waals surface area contributed by atoms with Gasteiger partial charge in [-0.15, -0.1) is 11.3 Å². The number of para-hydroxylation sites is 1. The number of anilines is 1. The third kappa shape index (κ3) is 3.60. The Morgan fingerprint density at radius 3 is 2.95 bits per heavy atom. The van der Waals surface area contributed by atoms with Gasteiger partial charge in [-0.25, -0.2) is 0 Å². The first-order valence-electron chi connectivity index (χ1n) is 6.72. The van der Waals surface area contributed by atoms with E-state index >= 15 is 0 Å². The summed E-state index contributed by atoms with van der Waals surface area (Å²) in [5.74, 6) is -2.40. The van der Waals surface area contributed by atoms with Gasteiger partial charge >= 0.3 is 0 Å². The van der Waals surface area contributed by atoms with E-state index < -0.39 is 5.76 Å². The van der Waals surface area contributed by atoms with E-state index in [-0.39, 0.29) is 6.04 Å². The van der Waals surface area contributed by atoms with E-state index in [4.69, 9.17) is 0 Å². The Bertz CT molecular complexity index is 630. The molecule has 1 aliphatic rings. The smallest absolute Gasteiger partial charge is 0.288 e. The first-order valence-corrected chi connectivity index (χ1v) is 9.21. The Morgan fingerprint density at radius 2 is 2.14 bits per heavy atom. The minimum absolute atomic E-state index is 0.204. The van der Waals surface area contributed by atoms with Gasteiger partial charge in [0.1, 0.15) is 0 Å². The van der Waals surface area contributed by atoms with Gasteiger partial charge in [0.2, 0.25) is 0 Å². The average Bonchev–Trinajstić information content (AvgIpc) is 2.82. The number of alkyl halides is 2. The van der Waals surface area contributed by atoms with E-state index in [2.05, 4.69) is 27.3 Å². The average molecular weight is 390 g/mol. The molecule has 1 aromatic carbocycles. The zero-order chi connectivity index (χ0) is 14.8. The molecule has 1 nitrogen and oxygen atoms in total. The number of fused-ring (bicyclic) bond motifs is 1. The molecule has 0 spiro atoms. The van der Waals surface area contributed by atoms with Crippen LogP contribution in [-0.2, 0) is 6.42 Å². The lowest BCUT2D eigenvalue weighted by Crippen LogP contribution is -2.16. The van der Waals surface area contributed by atoms with Crippen molar-refractivity contribution in [1.29, 1.82) is 0 Å². The second kappa shape index (κ2) is 6.67. The molecule has 0 radical (unpaired) electrons. The van der Waals surface area contributed by atoms with Gasteiger partial charge in [-0.2, -0.15) is 8.78 Å². The maximum atomic E-state index is 12.7. The van der Waals surface area contributed by atoms with Crippen molar-refractivity contribution in [3.05, 3.63) is 44.6 Å². The Hall–Kier alpha value is -0.590. The topological polar surface area (TPSA) is 12.0 Å². The summed E-state index contributed by atoms with van der Waals surface area (Å²) in [4.78, 5) is 2.00. The molecule has 1 aromatic heterocycles. The SMILES string of the molecule is FC(F)Sc1ccccc1NC1CCCc2sc(Br)cc21. The van der Waals surface area contributed by atoms with Crippen LogP contribution in [0, 0.1) is 0 Å². The van der Waals surface area contributed by atoms with Crippen LogP contribution in [0.4, 0.5) is 14.5 Å². The summed E-state index contributed by atoms with van der Waals surface area (Å²) >= 11 is 5.91. The molecule has 0 saturated carbocycles. The minimum Gasteiger partial charge on any atom is -0.377 e. The summed E-state index contributed by atoms with van der Waals surface area (Å²) < 4.78 is 26.4. The lowest BCUT2D eigenvalue weighted by Gasteiger charge is -2.25. The molecule has 0 saturated heterocycles. The molecular weight excluding hydrogens is 376 g/mol. The molecule has 1 atom stereocenters. The van der Waals surface area contributed by atoms with Crippen molar-refractivity contribution in [3.63, 3.8) is 0 Å². The highest BCUT2D eigenvalue weighted by Gasteiger charge is 2.23. The highest BCUT2D eigenvalue weighted by atomic mass is 79.9. The number of thiophene rings is 1. The Labute approximate surface area is 139 Å². The fourth-order valence-corrected chi connectivity index (χ4v) is 5.07. The molecule has 2 aromatic rings. The molecule has 0 bridgehead atoms. The second-order valence-corrected chi connectivity index (χ2v) is 8.44. The molecule has 0 amide bonds. The number of aryl methyl sites for hydroxylation is 1. The lowest BCUT2D eigenvalue weighted by molar-refractivity contribution is 0.252. The van der Waals surface area contributed by atoms with Crippen molar-refractivity contribution in [3.8, 4) is 0 Å². The third-order valence-corrected chi connectivity index (χ3v) is 6.02. The predicted octanol–water partition coefficient (Wildman–Crippen LogP) is 6.31. The number of hydrogen-bond donors (Lipinski definition) is 1. The molecule has 1 aliphatic carbocycles. The Morgan fingerprint density at radius 1 is 1.33 bits per heavy atom. The maximum Gasteiger partial charge on any atom is 0.288 e. The van der Waals surface area contributed by atoms with Crippen molar-refractivity contribution in [1.82, 2.24) is 0 Å². The summed E-state index contributed by atoms with van der Waals surface area (Å²) in [6.45, 7) is 0. The molecule has 21 heavy (non-hydrogen) atoms. The van der Waals surface area contributed by atoms with Crippen LogP contribution >= 0.6 is 39.0 Å². The Balaban J connectivity index is 1.84. The van der Waals surface area contributed by atoms with Crippen LogP contribution in [0.25, 0.3) is 0 Å². The summed E-state index contributed by atoms with van der Waals surface area (Å²) in [6, 6.07) is 9.65. The van der Waals surface area contributed by atoms with E-state index in [9.17, 15) is 8.78 Å². The molecule has 6 heteroatoms. The zero-order valence-electron chi connectivity index (χ0n) is 11.1. The Kier molecular flexibility index (Phi) is 4.86. The molecule has 0 aliphatic heterocycles. The van der Waals surface area contributed by atoms with E-state index in [1.807, 2.05) is 12.1 Å². The first kappa shape index (κ1) is 15.3. The van der Waals surface area contributed by atoms with Gasteiger partial charge in [0.15, 0.2) is 0 Å². The van der Waals surface area contributed by atoms with Gasteiger partial charge in [-0.05, 0) is 59.0 Å². The fraction of sp³-hybridized carbons (Fsp3) is 0.333. The van der Waals surface area contributed by atoms with Crippen molar-refractivity contribution in [2.24, 2.45) is 0 Å². The predicted molar refractivity (Wildman–Crippen MR) is 89.6 cm³/mol. The highest BCUT2D eigenvalue weighted by molar-refractivity contribution is 9.11. The van der Waals surface area contributed by atoms with Gasteiger partial charge in [-0.1, -0.05) is 23.9 Å². The van der Waals surface area contributed by atoms with E-state index in [0.29, 0.717) is 16.7 Å². The van der Waals surface area contributed by atoms with Crippen molar-refractivity contribution in [2.75, 3.05) is 5.32 Å². The zero-order valence-corrected chi connectivity index (χ0v) is 14.3. The first-order chi connectivity index (χ1) is 10.1. The van der Waals surface area contributed by atoms with Gasteiger partial charge in [0.05, 0.1) is 9.83 Å². The number of thioether (sulfide) groups is 1. The molecule has 3 rings (SSSR count). The van der Waals surface area contributed by atoms with E-state index in [0.717, 1.165) is 28.7 Å². The van der Waals surface area contributed by atoms with Crippen LogP contribution in [-0.4, -0.2) is 5.76 Å². The molecule has 0 fully saturated rings. The standard InChI is InChI=1S/C15H14BrF2NS2/c16-14-8-9-10(5-3-7-12(9)20-14)19-11-4-1-2-6-13(11)21-15(17)18/h1-2,4,6,8,10,15,19H,3,5,7H2. The maximum absolute atomic E-state index is 12.7. The minimum atomic E-state index is -2.40. The van der Waals surface area contributed by atoms with Crippen LogP contribution in [0.5, 0.6) is 0 Å². The molecule has 112 valence electrons. The number of benzene rings is 1. The van der Waals surface area contributed by atoms with Crippen LogP contribution in [0.3, 0.4) is 0 Å². The van der Waals surface area contributed by atoms with Gasteiger partial charge < -0.3 is 5.32 Å². The van der Waals surface area contributed by atoms with Crippen LogP contribution in [0.15, 0.2) is 39.0 Å². The normalized spacial score (nSPS) is 17.8. The van der Waals surface area contributed by atoms with Crippen LogP contribution in [0.2, 0.25) is 0 Å². The fourth-order valence-electron chi connectivity index (χ4n) is 2.64. The largest absolute Gasteiger partial charge is 0.377 e. The second-order valence-electron chi connectivity index (χ2n) is 4.89. The molecule has 1 unspecified atom stereocenters. The third-order valence-electron chi connectivity index (χ3n) is 3.52. The van der Waals surface area contributed by atoms with Crippen molar-refractivity contribution < 1.29 is 8.78 Å². The van der Waals surface area contributed by atoms with Crippen LogP contribution < -0.4 is 5.32 Å². The number of hydrogen-bond acceptors (Lipinski definition) is 3. The number of nitrogens with one attached hydrogen (secondary N) is 1. The van der Waals surface area contributed by atoms with Crippen LogP contribution in [0.1, 0.15) is 29.3 Å². The summed E-state index contributed by atoms with van der Waals surface area (Å²) in [6.07, 6.45) is 3.27. The van der Waals surface area contributed by atoms with Crippen molar-refractivity contribution in [2.45, 2.75) is 36.0 Å². The molecule has 1 heterocycles. The number of halogens is 3. The summed E-state index contributed by atoms with van der Waals surface area (Å²) in [7, 11) is 0. The quantitative estimate of drug-likeness (QED) is 0.614. The van der Waals surface area contributed by atoms with Gasteiger partial charge in [0, 0.05) is 15.5 Å². The van der Waals surface area contributed by atoms with Gasteiger partial charge in [0.25, 0.3) is 5.76 Å². The summed E-state index contributed by atoms with van der Waals surface area (Å²) in [5, 5.41) is 3.46. The highest BCUT2D eigenvalue weighted by Crippen LogP contribution is 2.41. The van der Waals surface area contributed by atoms with Crippen molar-refractivity contribution >= 4 is 44.7 Å². The lowest BCUT2D eigenvalue weighted by atomic mass is 9.94. The van der Waals surface area contributed by atoms with E-state index in [1.54, 1.807) is 23.5 Å². The monoisotopic (exact) mass is 389 g/mol. The van der Waals surface area contributed by atoms with Gasteiger partial charge in [-0.3, -0.25) is 0 Å². The number of rotatable bonds is 4. The molecule has 1 N–H and O–H groups in total. The van der Waals surface area contributed by atoms with E-state index in [1.165, 1.54) is 10.4 Å². The molecular formula is C15H14BrF2NS2. The summed E-state index contributed by atoms with van der Waals surface area (Å²) in [5.41, 5.74) is 2.10.